The van der Waals surface area contributed by atoms with Crippen molar-refractivity contribution >= 4 is 51.2 Å². The summed E-state index contributed by atoms with van der Waals surface area (Å²) in [5.41, 5.74) is 0.155. The number of amides is 2. The summed E-state index contributed by atoms with van der Waals surface area (Å²) >= 11 is 11.5. The van der Waals surface area contributed by atoms with Crippen LogP contribution in [-0.4, -0.2) is 52.2 Å². The summed E-state index contributed by atoms with van der Waals surface area (Å²) in [4.78, 5) is 20.2. The molecule has 1 aromatic rings. The Balaban J connectivity index is 2.14. The number of halogens is 2. The lowest BCUT2D eigenvalue weighted by Crippen LogP contribution is -2.45. The molecular weight excluding hydrogens is 393 g/mol. The molecule has 0 fully saturated rings. The molecule has 0 aliphatic carbocycles. The molecule has 0 bridgehead atoms. The summed E-state index contributed by atoms with van der Waals surface area (Å²) in [6.45, 7) is 0.193. The summed E-state index contributed by atoms with van der Waals surface area (Å²) in [5.74, 6) is -0.0801. The van der Waals surface area contributed by atoms with Gasteiger partial charge in [-0.1, -0.05) is 18.2 Å². The number of ether oxygens (including phenoxy) is 1. The smallest absolute Gasteiger partial charge is 0.335 e. The van der Waals surface area contributed by atoms with Crippen LogP contribution in [0.2, 0.25) is 0 Å². The number of nitrogens with one attached hydrogen (secondary N) is 2. The van der Waals surface area contributed by atoms with Crippen molar-refractivity contribution < 1.29 is 17.9 Å². The van der Waals surface area contributed by atoms with Crippen molar-refractivity contribution in [2.24, 2.45) is 9.98 Å². The van der Waals surface area contributed by atoms with Crippen LogP contribution in [-0.2, 0) is 14.8 Å². The maximum Gasteiger partial charge on any atom is 0.335 e. The fourth-order valence-corrected chi connectivity index (χ4v) is 3.59. The Morgan fingerprint density at radius 3 is 2.68 bits per heavy atom. The number of benzene rings is 1. The van der Waals surface area contributed by atoms with Gasteiger partial charge in [0.15, 0.2) is 0 Å². The maximum atomic E-state index is 12.4. The van der Waals surface area contributed by atoms with E-state index in [2.05, 4.69) is 15.3 Å². The molecule has 0 saturated heterocycles. The first-order valence-corrected chi connectivity index (χ1v) is 9.19. The monoisotopic (exact) mass is 407 g/mol. The van der Waals surface area contributed by atoms with Gasteiger partial charge in [-0.3, -0.25) is 5.32 Å². The fraction of sp³-hybridized carbons (Fsp3) is 0.308. The van der Waals surface area contributed by atoms with Crippen molar-refractivity contribution in [3.05, 3.63) is 29.8 Å². The lowest BCUT2D eigenvalue weighted by atomic mass is 10.2. The number of carbonyl (C=O) groups is 1. The van der Waals surface area contributed by atoms with Gasteiger partial charge in [0.25, 0.3) is 16.0 Å². The summed E-state index contributed by atoms with van der Waals surface area (Å²) in [6.07, 6.45) is 0. The van der Waals surface area contributed by atoms with Crippen molar-refractivity contribution in [2.75, 3.05) is 20.8 Å². The van der Waals surface area contributed by atoms with Crippen LogP contribution in [0.1, 0.15) is 10.4 Å². The van der Waals surface area contributed by atoms with Gasteiger partial charge in [0.05, 0.1) is 12.0 Å². The van der Waals surface area contributed by atoms with Crippen molar-refractivity contribution in [1.29, 1.82) is 0 Å². The third-order valence-electron chi connectivity index (χ3n) is 3.04. The summed E-state index contributed by atoms with van der Waals surface area (Å²) in [7, 11) is -1.09. The lowest BCUT2D eigenvalue weighted by molar-refractivity contribution is 0.249. The highest BCUT2D eigenvalue weighted by Crippen LogP contribution is 2.30. The SMILES string of the molecule is COC1=NC(NC(=O)NS(=O)(=O)c2ccccc2C(Cl)Cl)=NCN1C. The number of hydrogen-bond acceptors (Lipinski definition) is 7. The Labute approximate surface area is 154 Å². The Morgan fingerprint density at radius 2 is 2.04 bits per heavy atom. The number of methoxy groups -OCH3 is 1. The second-order valence-electron chi connectivity index (χ2n) is 4.82. The Morgan fingerprint density at radius 1 is 1.36 bits per heavy atom. The molecule has 12 heteroatoms. The molecule has 25 heavy (non-hydrogen) atoms. The van der Waals surface area contributed by atoms with Crippen molar-refractivity contribution in [1.82, 2.24) is 14.9 Å². The van der Waals surface area contributed by atoms with E-state index >= 15 is 0 Å². The molecule has 0 atom stereocenters. The molecule has 0 unspecified atom stereocenters. The number of rotatable bonds is 3. The lowest BCUT2D eigenvalue weighted by Gasteiger charge is -2.21. The Bertz CT molecular complexity index is 825. The average molecular weight is 408 g/mol. The minimum Gasteiger partial charge on any atom is -0.468 e. The topological polar surface area (TPSA) is 112 Å². The normalized spacial score (nSPS) is 14.7. The first-order chi connectivity index (χ1) is 11.7. The van der Waals surface area contributed by atoms with Crippen LogP contribution in [0.25, 0.3) is 0 Å². The molecule has 1 aromatic carbocycles. The van der Waals surface area contributed by atoms with E-state index in [1.165, 1.54) is 25.3 Å². The zero-order chi connectivity index (χ0) is 18.6. The number of aliphatic imine (C=N–C) groups is 2. The van der Waals surface area contributed by atoms with E-state index in [1.807, 2.05) is 4.72 Å². The molecule has 2 N–H and O–H groups in total. The molecule has 0 saturated carbocycles. The van der Waals surface area contributed by atoms with Crippen LogP contribution >= 0.6 is 23.2 Å². The van der Waals surface area contributed by atoms with Gasteiger partial charge in [0, 0.05) is 12.6 Å². The molecule has 1 heterocycles. The zero-order valence-electron chi connectivity index (χ0n) is 13.2. The second kappa shape index (κ2) is 7.89. The quantitative estimate of drug-likeness (QED) is 0.735. The van der Waals surface area contributed by atoms with Crippen LogP contribution in [0.15, 0.2) is 39.1 Å². The predicted octanol–water partition coefficient (Wildman–Crippen LogP) is 1.41. The molecule has 2 rings (SSSR count). The molecular formula is C13H15Cl2N5O4S. The van der Waals surface area contributed by atoms with Crippen LogP contribution in [0.5, 0.6) is 0 Å². The van der Waals surface area contributed by atoms with Gasteiger partial charge in [0.1, 0.15) is 11.5 Å². The van der Waals surface area contributed by atoms with E-state index in [9.17, 15) is 13.2 Å². The first kappa shape index (κ1) is 19.3. The summed E-state index contributed by atoms with van der Waals surface area (Å²) in [6, 6.07) is 5.01. The zero-order valence-corrected chi connectivity index (χ0v) is 15.6. The van der Waals surface area contributed by atoms with Gasteiger partial charge in [-0.05, 0) is 6.07 Å². The van der Waals surface area contributed by atoms with E-state index in [-0.39, 0.29) is 29.1 Å². The first-order valence-electron chi connectivity index (χ1n) is 6.83. The minimum absolute atomic E-state index is 0.0801. The standard InChI is InChI=1S/C13H15Cl2N5O4S/c1-20-7-16-11(18-13(20)24-2)17-12(21)19-25(22,23)9-6-4-3-5-8(9)10(14)15/h3-6,10H,7H2,1-2H3,(H2,16,17,19,21). The minimum atomic E-state index is -4.19. The molecule has 136 valence electrons. The van der Waals surface area contributed by atoms with Gasteiger partial charge in [0.2, 0.25) is 5.96 Å². The fourth-order valence-electron chi connectivity index (χ4n) is 1.92. The average Bonchev–Trinajstić information content (AvgIpc) is 2.56. The van der Waals surface area contributed by atoms with E-state index in [4.69, 9.17) is 27.9 Å². The highest BCUT2D eigenvalue weighted by Gasteiger charge is 2.24. The Kier molecular flexibility index (Phi) is 6.09. The van der Waals surface area contributed by atoms with Gasteiger partial charge in [-0.25, -0.2) is 22.9 Å². The number of alkyl halides is 2. The van der Waals surface area contributed by atoms with Crippen molar-refractivity contribution in [3.63, 3.8) is 0 Å². The molecule has 0 radical (unpaired) electrons. The number of hydrogen-bond donors (Lipinski definition) is 2. The van der Waals surface area contributed by atoms with E-state index in [1.54, 1.807) is 18.0 Å². The number of nitrogens with zero attached hydrogens (tertiary/aromatic N) is 3. The van der Waals surface area contributed by atoms with Gasteiger partial charge >= 0.3 is 6.03 Å². The third kappa shape index (κ3) is 4.74. The van der Waals surface area contributed by atoms with E-state index < -0.39 is 20.9 Å². The Hall–Kier alpha value is -2.04. The van der Waals surface area contributed by atoms with Gasteiger partial charge in [-0.2, -0.15) is 4.99 Å². The number of urea groups is 1. The van der Waals surface area contributed by atoms with Crippen LogP contribution in [0, 0.1) is 0 Å². The van der Waals surface area contributed by atoms with Crippen LogP contribution < -0.4 is 10.0 Å². The van der Waals surface area contributed by atoms with Gasteiger partial charge < -0.3 is 9.64 Å². The molecule has 1 aliphatic rings. The molecule has 1 aliphatic heterocycles. The maximum absolute atomic E-state index is 12.4. The second-order valence-corrected chi connectivity index (χ2v) is 7.56. The van der Waals surface area contributed by atoms with Crippen LogP contribution in [0.3, 0.4) is 0 Å². The number of amidine groups is 1. The number of guanidine groups is 1. The highest BCUT2D eigenvalue weighted by atomic mass is 35.5. The van der Waals surface area contributed by atoms with E-state index in [0.29, 0.717) is 0 Å². The van der Waals surface area contributed by atoms with Gasteiger partial charge in [-0.15, -0.1) is 23.2 Å². The molecule has 0 spiro atoms. The van der Waals surface area contributed by atoms with Crippen LogP contribution in [0.4, 0.5) is 4.79 Å². The molecule has 2 amide bonds. The summed E-state index contributed by atoms with van der Waals surface area (Å²) in [5, 5.41) is 2.24. The van der Waals surface area contributed by atoms with E-state index in [0.717, 1.165) is 0 Å². The highest BCUT2D eigenvalue weighted by molar-refractivity contribution is 7.90. The summed E-state index contributed by atoms with van der Waals surface area (Å²) < 4.78 is 31.6. The van der Waals surface area contributed by atoms with Crippen molar-refractivity contribution in [3.8, 4) is 0 Å². The number of carbonyl (C=O) groups excluding carboxylic acids is 1. The molecule has 9 nitrogen and oxygen atoms in total. The number of sulfonamides is 1. The molecule has 0 aromatic heterocycles. The third-order valence-corrected chi connectivity index (χ3v) is 4.91. The predicted molar refractivity (Wildman–Crippen MR) is 94.3 cm³/mol. The van der Waals surface area contributed by atoms with Crippen molar-refractivity contribution in [2.45, 2.75) is 9.73 Å². The largest absolute Gasteiger partial charge is 0.468 e.